The van der Waals surface area contributed by atoms with Gasteiger partial charge in [-0.2, -0.15) is 0 Å². The van der Waals surface area contributed by atoms with Gasteiger partial charge in [0.05, 0.1) is 0 Å². The van der Waals surface area contributed by atoms with Crippen molar-refractivity contribution in [2.45, 2.75) is 84.7 Å². The lowest BCUT2D eigenvalue weighted by Gasteiger charge is -2.49. The summed E-state index contributed by atoms with van der Waals surface area (Å²) < 4.78 is 0. The highest BCUT2D eigenvalue weighted by Crippen LogP contribution is 2.45. The molecule has 0 aliphatic heterocycles. The van der Waals surface area contributed by atoms with E-state index >= 15 is 0 Å². The first kappa shape index (κ1) is 15.3. The Morgan fingerprint density at radius 2 is 1.74 bits per heavy atom. The Morgan fingerprint density at radius 3 is 2.21 bits per heavy atom. The van der Waals surface area contributed by atoms with Crippen molar-refractivity contribution in [1.29, 1.82) is 0 Å². The Balaban J connectivity index is 2.06. The van der Waals surface area contributed by atoms with Crippen molar-refractivity contribution >= 4 is 0 Å². The smallest absolute Gasteiger partial charge is 0.0314 e. The normalized spacial score (nSPS) is 41.4. The first-order valence-electron chi connectivity index (χ1n) is 8.13. The maximum absolute atomic E-state index is 6.20. The highest BCUT2D eigenvalue weighted by molar-refractivity contribution is 5.02. The van der Waals surface area contributed by atoms with Gasteiger partial charge in [-0.25, -0.2) is 0 Å². The molecule has 2 nitrogen and oxygen atoms in total. The fourth-order valence-electron chi connectivity index (χ4n) is 5.06. The Labute approximate surface area is 119 Å². The summed E-state index contributed by atoms with van der Waals surface area (Å²) in [5, 5.41) is 4.00. The quantitative estimate of drug-likeness (QED) is 0.817. The van der Waals surface area contributed by atoms with Crippen molar-refractivity contribution in [3.63, 3.8) is 0 Å². The summed E-state index contributed by atoms with van der Waals surface area (Å²) in [6.07, 6.45) is 7.81. The molecule has 3 N–H and O–H groups in total. The number of nitrogens with one attached hydrogen (secondary N) is 1. The molecule has 3 atom stereocenters. The van der Waals surface area contributed by atoms with Gasteiger partial charge < -0.3 is 11.1 Å². The summed E-state index contributed by atoms with van der Waals surface area (Å²) in [7, 11) is 0. The molecule has 2 aliphatic rings. The summed E-state index contributed by atoms with van der Waals surface area (Å²) in [6.45, 7) is 12.8. The van der Waals surface area contributed by atoms with Gasteiger partial charge in [0.1, 0.15) is 0 Å². The van der Waals surface area contributed by atoms with Crippen LogP contribution >= 0.6 is 0 Å². The fraction of sp³-hybridized carbons (Fsp3) is 1.00. The second-order valence-electron chi connectivity index (χ2n) is 9.09. The minimum atomic E-state index is 0.187. The molecule has 3 unspecified atom stereocenters. The molecule has 2 saturated carbocycles. The topological polar surface area (TPSA) is 38.0 Å². The molecule has 2 fully saturated rings. The monoisotopic (exact) mass is 266 g/mol. The van der Waals surface area contributed by atoms with Crippen molar-refractivity contribution < 1.29 is 0 Å². The van der Waals surface area contributed by atoms with Gasteiger partial charge in [-0.3, -0.25) is 0 Å². The summed E-state index contributed by atoms with van der Waals surface area (Å²) in [5.74, 6) is 0.786. The summed E-state index contributed by atoms with van der Waals surface area (Å²) >= 11 is 0. The molecule has 0 aromatic heterocycles. The standard InChI is InChI=1S/C17H34N2/c1-13-8-16(4,5)11-17(9-13,12-18)19-14-6-7-15(2,3)10-14/h13-14,19H,6-12,18H2,1-5H3. The van der Waals surface area contributed by atoms with E-state index in [1.165, 1.54) is 38.5 Å². The Morgan fingerprint density at radius 1 is 1.05 bits per heavy atom. The Bertz CT molecular complexity index is 321. The lowest BCUT2D eigenvalue weighted by Crippen LogP contribution is -2.59. The second-order valence-corrected chi connectivity index (χ2v) is 9.09. The molecular weight excluding hydrogens is 232 g/mol. The largest absolute Gasteiger partial charge is 0.329 e. The van der Waals surface area contributed by atoms with E-state index in [0.717, 1.165) is 12.5 Å². The van der Waals surface area contributed by atoms with E-state index in [1.54, 1.807) is 0 Å². The van der Waals surface area contributed by atoms with E-state index in [9.17, 15) is 0 Å². The highest BCUT2D eigenvalue weighted by atomic mass is 15.0. The minimum absolute atomic E-state index is 0.187. The van der Waals surface area contributed by atoms with E-state index in [-0.39, 0.29) is 5.54 Å². The van der Waals surface area contributed by atoms with Gasteiger partial charge in [-0.1, -0.05) is 34.6 Å². The molecule has 112 valence electrons. The van der Waals surface area contributed by atoms with Gasteiger partial charge in [0, 0.05) is 18.1 Å². The summed E-state index contributed by atoms with van der Waals surface area (Å²) in [5.41, 5.74) is 7.34. The third kappa shape index (κ3) is 3.72. The molecule has 0 saturated heterocycles. The molecule has 0 spiro atoms. The average Bonchev–Trinajstić information content (AvgIpc) is 2.54. The SMILES string of the molecule is CC1CC(C)(C)CC(CN)(NC2CCC(C)(C)C2)C1. The summed E-state index contributed by atoms with van der Waals surface area (Å²) in [6, 6.07) is 0.680. The van der Waals surface area contributed by atoms with Crippen LogP contribution in [0.4, 0.5) is 0 Å². The van der Waals surface area contributed by atoms with E-state index in [1.807, 2.05) is 0 Å². The van der Waals surface area contributed by atoms with E-state index in [4.69, 9.17) is 5.73 Å². The number of hydrogen-bond donors (Lipinski definition) is 2. The lowest BCUT2D eigenvalue weighted by molar-refractivity contribution is 0.0766. The average molecular weight is 266 g/mol. The van der Waals surface area contributed by atoms with Crippen molar-refractivity contribution in [2.75, 3.05) is 6.54 Å². The van der Waals surface area contributed by atoms with Crippen LogP contribution in [-0.4, -0.2) is 18.1 Å². The van der Waals surface area contributed by atoms with Crippen LogP contribution in [0, 0.1) is 16.7 Å². The van der Waals surface area contributed by atoms with Gasteiger partial charge >= 0.3 is 0 Å². The van der Waals surface area contributed by atoms with Gasteiger partial charge in [0.25, 0.3) is 0 Å². The van der Waals surface area contributed by atoms with Gasteiger partial charge in [-0.05, 0) is 55.3 Å². The Hall–Kier alpha value is -0.0800. The molecule has 0 aromatic carbocycles. The lowest BCUT2D eigenvalue weighted by atomic mass is 9.64. The molecule has 2 rings (SSSR count). The van der Waals surface area contributed by atoms with E-state index < -0.39 is 0 Å². The van der Waals surface area contributed by atoms with Crippen molar-refractivity contribution in [1.82, 2.24) is 5.32 Å². The highest BCUT2D eigenvalue weighted by Gasteiger charge is 2.44. The zero-order chi connectivity index (χ0) is 14.3. The van der Waals surface area contributed by atoms with Crippen LogP contribution in [-0.2, 0) is 0 Å². The maximum atomic E-state index is 6.20. The van der Waals surface area contributed by atoms with E-state index in [0.29, 0.717) is 16.9 Å². The number of rotatable bonds is 3. The van der Waals surface area contributed by atoms with Crippen LogP contribution in [0.5, 0.6) is 0 Å². The third-order valence-corrected chi connectivity index (χ3v) is 5.33. The van der Waals surface area contributed by atoms with E-state index in [2.05, 4.69) is 39.9 Å². The van der Waals surface area contributed by atoms with Crippen molar-refractivity contribution in [3.05, 3.63) is 0 Å². The zero-order valence-corrected chi connectivity index (χ0v) is 13.7. The molecule has 0 radical (unpaired) electrons. The van der Waals surface area contributed by atoms with Crippen molar-refractivity contribution in [3.8, 4) is 0 Å². The van der Waals surface area contributed by atoms with Crippen LogP contribution in [0.1, 0.15) is 73.1 Å². The minimum Gasteiger partial charge on any atom is -0.329 e. The maximum Gasteiger partial charge on any atom is 0.0314 e. The number of hydrogen-bond acceptors (Lipinski definition) is 2. The third-order valence-electron chi connectivity index (χ3n) is 5.33. The second kappa shape index (κ2) is 5.04. The molecule has 19 heavy (non-hydrogen) atoms. The van der Waals surface area contributed by atoms with Crippen molar-refractivity contribution in [2.24, 2.45) is 22.5 Å². The molecule has 0 bridgehead atoms. The summed E-state index contributed by atoms with van der Waals surface area (Å²) in [4.78, 5) is 0. The zero-order valence-electron chi connectivity index (χ0n) is 13.7. The van der Waals surface area contributed by atoms with Gasteiger partial charge in [-0.15, -0.1) is 0 Å². The molecule has 0 aromatic rings. The van der Waals surface area contributed by atoms with Gasteiger partial charge in [0.15, 0.2) is 0 Å². The molecular formula is C17H34N2. The van der Waals surface area contributed by atoms with Crippen LogP contribution in [0.2, 0.25) is 0 Å². The van der Waals surface area contributed by atoms with Crippen LogP contribution in [0.3, 0.4) is 0 Å². The molecule has 0 amide bonds. The Kier molecular flexibility index (Phi) is 4.06. The van der Waals surface area contributed by atoms with Gasteiger partial charge in [0.2, 0.25) is 0 Å². The first-order valence-corrected chi connectivity index (χ1v) is 8.13. The predicted molar refractivity (Wildman–Crippen MR) is 83.1 cm³/mol. The first-order chi connectivity index (χ1) is 8.65. The van der Waals surface area contributed by atoms with Crippen LogP contribution in [0.25, 0.3) is 0 Å². The fourth-order valence-corrected chi connectivity index (χ4v) is 5.06. The van der Waals surface area contributed by atoms with Crippen LogP contribution in [0.15, 0.2) is 0 Å². The van der Waals surface area contributed by atoms with Crippen LogP contribution < -0.4 is 11.1 Å². The molecule has 2 heteroatoms. The molecule has 0 heterocycles. The number of nitrogens with two attached hydrogens (primary N) is 1. The predicted octanol–water partition coefficient (Wildman–Crippen LogP) is 3.70. The molecule has 2 aliphatic carbocycles.